The molecule has 1 saturated heterocycles. The van der Waals surface area contributed by atoms with E-state index in [2.05, 4.69) is 16.0 Å². The van der Waals surface area contributed by atoms with Gasteiger partial charge in [-0.05, 0) is 25.0 Å². The number of hydrogen-bond acceptors (Lipinski definition) is 3. The van der Waals surface area contributed by atoms with Crippen LogP contribution in [0.5, 0.6) is 0 Å². The molecule has 0 radical (unpaired) electrons. The summed E-state index contributed by atoms with van der Waals surface area (Å²) in [6.45, 7) is 7.55. The Morgan fingerprint density at radius 1 is 1.00 bits per heavy atom. The molecule has 0 saturated carbocycles. The fraction of sp³-hybridized carbons (Fsp3) is 0.550. The van der Waals surface area contributed by atoms with Gasteiger partial charge in [-0.2, -0.15) is 0 Å². The highest BCUT2D eigenvalue weighted by molar-refractivity contribution is 5.94. The van der Waals surface area contributed by atoms with Crippen LogP contribution in [0.15, 0.2) is 30.3 Å². The van der Waals surface area contributed by atoms with Crippen LogP contribution >= 0.6 is 0 Å². The van der Waals surface area contributed by atoms with Crippen LogP contribution < -0.4 is 16.0 Å². The number of urea groups is 1. The van der Waals surface area contributed by atoms with Crippen molar-refractivity contribution in [2.45, 2.75) is 39.7 Å². The van der Waals surface area contributed by atoms with Crippen molar-refractivity contribution in [3.63, 3.8) is 0 Å². The first kappa shape index (κ1) is 20.7. The predicted octanol–water partition coefficient (Wildman–Crippen LogP) is 1.75. The minimum atomic E-state index is -0.437. The maximum atomic E-state index is 12.4. The van der Waals surface area contributed by atoms with Crippen molar-refractivity contribution >= 4 is 17.8 Å². The summed E-state index contributed by atoms with van der Waals surface area (Å²) in [4.78, 5) is 38.0. The molecular formula is C20H30N4O3. The molecule has 148 valence electrons. The summed E-state index contributed by atoms with van der Waals surface area (Å²) < 4.78 is 0. The second kappa shape index (κ2) is 9.39. The van der Waals surface area contributed by atoms with Crippen LogP contribution in [-0.2, 0) is 4.79 Å². The lowest BCUT2D eigenvalue weighted by Crippen LogP contribution is -2.50. The zero-order valence-corrected chi connectivity index (χ0v) is 16.4. The van der Waals surface area contributed by atoms with E-state index < -0.39 is 5.41 Å². The molecule has 1 aliphatic heterocycles. The van der Waals surface area contributed by atoms with Gasteiger partial charge in [0, 0.05) is 43.2 Å². The van der Waals surface area contributed by atoms with Gasteiger partial charge in [0.25, 0.3) is 5.91 Å². The van der Waals surface area contributed by atoms with E-state index in [4.69, 9.17) is 0 Å². The van der Waals surface area contributed by atoms with Crippen LogP contribution in [0.1, 0.15) is 44.0 Å². The van der Waals surface area contributed by atoms with Crippen LogP contribution in [0.4, 0.5) is 4.79 Å². The van der Waals surface area contributed by atoms with Gasteiger partial charge in [0.15, 0.2) is 0 Å². The van der Waals surface area contributed by atoms with Crippen molar-refractivity contribution in [3.8, 4) is 0 Å². The highest BCUT2D eigenvalue weighted by Gasteiger charge is 2.24. The van der Waals surface area contributed by atoms with Gasteiger partial charge in [-0.1, -0.05) is 39.0 Å². The number of carbonyl (C=O) groups is 3. The van der Waals surface area contributed by atoms with Crippen LogP contribution in [0, 0.1) is 5.41 Å². The lowest BCUT2D eigenvalue weighted by molar-refractivity contribution is -0.128. The fourth-order valence-corrected chi connectivity index (χ4v) is 2.84. The first-order valence-corrected chi connectivity index (χ1v) is 9.44. The number of likely N-dealkylation sites (tertiary alicyclic amines) is 1. The molecule has 0 aromatic heterocycles. The maximum Gasteiger partial charge on any atom is 0.315 e. The molecule has 0 spiro atoms. The van der Waals surface area contributed by atoms with Gasteiger partial charge in [-0.3, -0.25) is 9.59 Å². The van der Waals surface area contributed by atoms with E-state index in [-0.39, 0.29) is 23.9 Å². The summed E-state index contributed by atoms with van der Waals surface area (Å²) in [5, 5.41) is 8.48. The largest absolute Gasteiger partial charge is 0.354 e. The van der Waals surface area contributed by atoms with Gasteiger partial charge in [-0.25, -0.2) is 4.79 Å². The first-order chi connectivity index (χ1) is 12.8. The lowest BCUT2D eigenvalue weighted by atomic mass is 9.96. The standard InChI is InChI=1S/C20H30N4O3/c1-20(2,3)18(26)21-11-12-22-19(27)23-16-9-13-24(14-10-16)17(25)15-7-5-4-6-8-15/h4-8,16H,9-14H2,1-3H3,(H,21,26)(H2,22,23,27). The van der Waals surface area contributed by atoms with Gasteiger partial charge >= 0.3 is 6.03 Å². The summed E-state index contributed by atoms with van der Waals surface area (Å²) in [6, 6.07) is 9.05. The summed E-state index contributed by atoms with van der Waals surface area (Å²) in [5.74, 6) is -0.00625. The quantitative estimate of drug-likeness (QED) is 0.686. The summed E-state index contributed by atoms with van der Waals surface area (Å²) in [7, 11) is 0. The normalized spacial score (nSPS) is 15.1. The Hall–Kier alpha value is -2.57. The third kappa shape index (κ3) is 6.58. The molecule has 1 aromatic carbocycles. The van der Waals surface area contributed by atoms with Crippen LogP contribution in [0.25, 0.3) is 0 Å². The Bertz CT molecular complexity index is 647. The molecule has 0 aliphatic carbocycles. The topological polar surface area (TPSA) is 90.5 Å². The van der Waals surface area contributed by atoms with E-state index in [9.17, 15) is 14.4 Å². The van der Waals surface area contributed by atoms with Gasteiger partial charge < -0.3 is 20.9 Å². The monoisotopic (exact) mass is 374 g/mol. The fourth-order valence-electron chi connectivity index (χ4n) is 2.84. The first-order valence-electron chi connectivity index (χ1n) is 9.44. The Morgan fingerprint density at radius 2 is 1.59 bits per heavy atom. The predicted molar refractivity (Wildman–Crippen MR) is 104 cm³/mol. The van der Waals surface area contributed by atoms with Crippen LogP contribution in [-0.4, -0.2) is 55.0 Å². The highest BCUT2D eigenvalue weighted by atomic mass is 16.2. The molecule has 2 rings (SSSR count). The number of nitrogens with one attached hydrogen (secondary N) is 3. The molecule has 1 aromatic rings. The Morgan fingerprint density at radius 3 is 2.19 bits per heavy atom. The number of piperidine rings is 1. The molecular weight excluding hydrogens is 344 g/mol. The van der Waals surface area contributed by atoms with Crippen LogP contribution in [0.3, 0.4) is 0 Å². The Balaban J connectivity index is 1.64. The average Bonchev–Trinajstić information content (AvgIpc) is 2.65. The summed E-state index contributed by atoms with van der Waals surface area (Å²) in [5.41, 5.74) is 0.256. The lowest BCUT2D eigenvalue weighted by Gasteiger charge is -2.32. The Labute approximate surface area is 160 Å². The minimum Gasteiger partial charge on any atom is -0.354 e. The molecule has 3 N–H and O–H groups in total. The molecule has 0 atom stereocenters. The van der Waals surface area contributed by atoms with Gasteiger partial charge in [-0.15, -0.1) is 0 Å². The van der Waals surface area contributed by atoms with Crippen molar-refractivity contribution in [2.75, 3.05) is 26.2 Å². The van der Waals surface area contributed by atoms with Gasteiger partial charge in [0.1, 0.15) is 0 Å². The number of benzene rings is 1. The molecule has 1 heterocycles. The molecule has 7 heteroatoms. The van der Waals surface area contributed by atoms with Gasteiger partial charge in [0.05, 0.1) is 0 Å². The maximum absolute atomic E-state index is 12.4. The highest BCUT2D eigenvalue weighted by Crippen LogP contribution is 2.14. The van der Waals surface area contributed by atoms with E-state index in [1.807, 2.05) is 56.0 Å². The molecule has 0 bridgehead atoms. The van der Waals surface area contributed by atoms with Crippen molar-refractivity contribution in [3.05, 3.63) is 35.9 Å². The molecule has 7 nitrogen and oxygen atoms in total. The third-order valence-electron chi connectivity index (χ3n) is 4.52. The smallest absolute Gasteiger partial charge is 0.315 e. The number of amides is 4. The van der Waals surface area contributed by atoms with Crippen molar-refractivity contribution in [1.29, 1.82) is 0 Å². The SMILES string of the molecule is CC(C)(C)C(=O)NCCNC(=O)NC1CCN(C(=O)c2ccccc2)CC1. The number of nitrogens with zero attached hydrogens (tertiary/aromatic N) is 1. The van der Waals surface area contributed by atoms with Crippen molar-refractivity contribution in [2.24, 2.45) is 5.41 Å². The van der Waals surface area contributed by atoms with E-state index in [1.54, 1.807) is 0 Å². The second-order valence-electron chi connectivity index (χ2n) is 7.84. The van der Waals surface area contributed by atoms with Crippen molar-refractivity contribution in [1.82, 2.24) is 20.9 Å². The number of rotatable bonds is 5. The third-order valence-corrected chi connectivity index (χ3v) is 4.52. The molecule has 1 fully saturated rings. The minimum absolute atomic E-state index is 0.0353. The zero-order valence-electron chi connectivity index (χ0n) is 16.4. The molecule has 0 unspecified atom stereocenters. The average molecular weight is 374 g/mol. The van der Waals surface area contributed by atoms with Crippen molar-refractivity contribution < 1.29 is 14.4 Å². The van der Waals surface area contributed by atoms with Crippen LogP contribution in [0.2, 0.25) is 0 Å². The molecule has 27 heavy (non-hydrogen) atoms. The second-order valence-corrected chi connectivity index (χ2v) is 7.84. The van der Waals surface area contributed by atoms with E-state index in [0.29, 0.717) is 31.7 Å². The summed E-state index contributed by atoms with van der Waals surface area (Å²) >= 11 is 0. The Kier molecular flexibility index (Phi) is 7.21. The molecule has 4 amide bonds. The number of carbonyl (C=O) groups excluding carboxylic acids is 3. The summed E-state index contributed by atoms with van der Waals surface area (Å²) in [6.07, 6.45) is 1.46. The zero-order chi connectivity index (χ0) is 19.9. The van der Waals surface area contributed by atoms with E-state index in [1.165, 1.54) is 0 Å². The number of hydrogen-bond donors (Lipinski definition) is 3. The van der Waals surface area contributed by atoms with E-state index in [0.717, 1.165) is 12.8 Å². The van der Waals surface area contributed by atoms with E-state index >= 15 is 0 Å². The molecule has 1 aliphatic rings. The van der Waals surface area contributed by atoms with Gasteiger partial charge in [0.2, 0.25) is 5.91 Å².